The fourth-order valence-corrected chi connectivity index (χ4v) is 3.53. The Balaban J connectivity index is 1.49. The Morgan fingerprint density at radius 1 is 1.03 bits per heavy atom. The SMILES string of the molecule is COc1ccc(CNCCc2ccccc2)c2cc(C(=O)Nc3ccc(Cl)cc3)oc12. The predicted octanol–water partition coefficient (Wildman–Crippen LogP) is 5.68. The largest absolute Gasteiger partial charge is 0.493 e. The molecule has 1 heterocycles. The van der Waals surface area contributed by atoms with E-state index in [0.29, 0.717) is 28.6 Å². The Morgan fingerprint density at radius 3 is 2.55 bits per heavy atom. The van der Waals surface area contributed by atoms with Crippen LogP contribution in [0.5, 0.6) is 5.75 Å². The Bertz CT molecular complexity index is 1170. The molecule has 0 aliphatic heterocycles. The summed E-state index contributed by atoms with van der Waals surface area (Å²) in [5, 5.41) is 7.76. The molecule has 1 amide bonds. The number of carbonyl (C=O) groups is 1. The van der Waals surface area contributed by atoms with E-state index in [1.165, 1.54) is 5.56 Å². The third-order valence-electron chi connectivity index (χ3n) is 5.03. The van der Waals surface area contributed by atoms with Gasteiger partial charge >= 0.3 is 0 Å². The summed E-state index contributed by atoms with van der Waals surface area (Å²) in [4.78, 5) is 12.7. The summed E-state index contributed by atoms with van der Waals surface area (Å²) >= 11 is 5.91. The van der Waals surface area contributed by atoms with Crippen molar-refractivity contribution >= 4 is 34.2 Å². The predicted molar refractivity (Wildman–Crippen MR) is 124 cm³/mol. The molecule has 158 valence electrons. The maximum Gasteiger partial charge on any atom is 0.291 e. The van der Waals surface area contributed by atoms with E-state index in [1.807, 2.05) is 30.3 Å². The van der Waals surface area contributed by atoms with Crippen LogP contribution in [0.1, 0.15) is 21.7 Å². The number of hydrogen-bond acceptors (Lipinski definition) is 4. The van der Waals surface area contributed by atoms with Gasteiger partial charge in [0.15, 0.2) is 17.1 Å². The minimum absolute atomic E-state index is 0.222. The molecule has 3 aromatic carbocycles. The molecule has 5 nitrogen and oxygen atoms in total. The van der Waals surface area contributed by atoms with Gasteiger partial charge < -0.3 is 19.8 Å². The molecule has 0 saturated heterocycles. The zero-order valence-corrected chi connectivity index (χ0v) is 17.9. The van der Waals surface area contributed by atoms with Crippen molar-refractivity contribution in [2.45, 2.75) is 13.0 Å². The van der Waals surface area contributed by atoms with Crippen LogP contribution in [0.15, 0.2) is 77.2 Å². The van der Waals surface area contributed by atoms with Crippen molar-refractivity contribution in [1.29, 1.82) is 0 Å². The highest BCUT2D eigenvalue weighted by Gasteiger charge is 2.17. The van der Waals surface area contributed by atoms with Gasteiger partial charge in [0.2, 0.25) is 0 Å². The van der Waals surface area contributed by atoms with Crippen LogP contribution in [0.3, 0.4) is 0 Å². The summed E-state index contributed by atoms with van der Waals surface area (Å²) < 4.78 is 11.3. The second-order valence-corrected chi connectivity index (χ2v) is 7.59. The molecule has 0 saturated carbocycles. The summed E-state index contributed by atoms with van der Waals surface area (Å²) in [6, 6.07) is 22.9. The maximum absolute atomic E-state index is 12.7. The van der Waals surface area contributed by atoms with Gasteiger partial charge in [-0.3, -0.25) is 4.79 Å². The first-order valence-electron chi connectivity index (χ1n) is 10.0. The highest BCUT2D eigenvalue weighted by atomic mass is 35.5. The van der Waals surface area contributed by atoms with Crippen molar-refractivity contribution in [3.05, 3.63) is 94.7 Å². The number of methoxy groups -OCH3 is 1. The van der Waals surface area contributed by atoms with Crippen molar-refractivity contribution in [2.75, 3.05) is 19.0 Å². The lowest BCUT2D eigenvalue weighted by Gasteiger charge is -2.08. The van der Waals surface area contributed by atoms with Crippen LogP contribution in [-0.2, 0) is 13.0 Å². The van der Waals surface area contributed by atoms with Crippen LogP contribution in [0.25, 0.3) is 11.0 Å². The van der Waals surface area contributed by atoms with Crippen LogP contribution >= 0.6 is 11.6 Å². The molecule has 4 rings (SSSR count). The number of fused-ring (bicyclic) bond motifs is 1. The average Bonchev–Trinajstić information content (AvgIpc) is 3.25. The van der Waals surface area contributed by atoms with Crippen molar-refractivity contribution in [1.82, 2.24) is 5.32 Å². The van der Waals surface area contributed by atoms with E-state index < -0.39 is 0 Å². The number of ether oxygens (including phenoxy) is 1. The van der Waals surface area contributed by atoms with Crippen molar-refractivity contribution in [3.8, 4) is 5.75 Å². The summed E-state index contributed by atoms with van der Waals surface area (Å²) in [6.45, 7) is 1.50. The van der Waals surface area contributed by atoms with Gasteiger partial charge in [0.25, 0.3) is 5.91 Å². The fourth-order valence-electron chi connectivity index (χ4n) is 3.41. The Kier molecular flexibility index (Phi) is 6.55. The van der Waals surface area contributed by atoms with Crippen LogP contribution < -0.4 is 15.4 Å². The maximum atomic E-state index is 12.7. The van der Waals surface area contributed by atoms with Crippen LogP contribution in [0, 0.1) is 0 Å². The molecule has 0 atom stereocenters. The fraction of sp³-hybridized carbons (Fsp3) is 0.160. The van der Waals surface area contributed by atoms with Gasteiger partial charge in [0.1, 0.15) is 0 Å². The van der Waals surface area contributed by atoms with Crippen molar-refractivity contribution in [2.24, 2.45) is 0 Å². The van der Waals surface area contributed by atoms with Crippen LogP contribution in [0.2, 0.25) is 5.02 Å². The van der Waals surface area contributed by atoms with E-state index in [0.717, 1.165) is 23.9 Å². The molecular weight excluding hydrogens is 412 g/mol. The van der Waals surface area contributed by atoms with Gasteiger partial charge in [0.05, 0.1) is 7.11 Å². The molecular formula is C25H23ClN2O3. The standard InChI is InChI=1S/C25H23ClN2O3/c1-30-22-12-7-18(16-27-14-13-17-5-3-2-4-6-17)21-15-23(31-24(21)22)25(29)28-20-10-8-19(26)9-11-20/h2-12,15,27H,13-14,16H2,1H3,(H,28,29). The molecule has 0 fully saturated rings. The molecule has 0 aliphatic rings. The summed E-state index contributed by atoms with van der Waals surface area (Å²) in [5.41, 5.74) is 3.54. The molecule has 0 aliphatic carbocycles. The van der Waals surface area contributed by atoms with E-state index in [2.05, 4.69) is 22.8 Å². The number of carbonyl (C=O) groups excluding carboxylic acids is 1. The summed E-state index contributed by atoms with van der Waals surface area (Å²) in [5.74, 6) is 0.483. The Labute approximate surface area is 186 Å². The second kappa shape index (κ2) is 9.69. The summed E-state index contributed by atoms with van der Waals surface area (Å²) in [6.07, 6.45) is 0.945. The molecule has 2 N–H and O–H groups in total. The third-order valence-corrected chi connectivity index (χ3v) is 5.28. The molecule has 0 bridgehead atoms. The first-order chi connectivity index (χ1) is 15.1. The highest BCUT2D eigenvalue weighted by Crippen LogP contribution is 2.32. The molecule has 0 radical (unpaired) electrons. The van der Waals surface area contributed by atoms with Gasteiger partial charge in [-0.15, -0.1) is 0 Å². The zero-order chi connectivity index (χ0) is 21.6. The number of furan rings is 1. The number of benzene rings is 3. The smallest absolute Gasteiger partial charge is 0.291 e. The molecule has 1 aromatic heterocycles. The van der Waals surface area contributed by atoms with E-state index in [1.54, 1.807) is 37.4 Å². The minimum Gasteiger partial charge on any atom is -0.493 e. The van der Waals surface area contributed by atoms with E-state index >= 15 is 0 Å². The van der Waals surface area contributed by atoms with E-state index in [4.69, 9.17) is 20.8 Å². The van der Waals surface area contributed by atoms with Crippen LogP contribution in [-0.4, -0.2) is 19.6 Å². The zero-order valence-electron chi connectivity index (χ0n) is 17.2. The molecule has 6 heteroatoms. The number of anilines is 1. The molecule has 31 heavy (non-hydrogen) atoms. The number of halogens is 1. The number of rotatable bonds is 8. The summed E-state index contributed by atoms with van der Waals surface area (Å²) in [7, 11) is 1.59. The van der Waals surface area contributed by atoms with Gasteiger partial charge in [-0.1, -0.05) is 48.0 Å². The molecule has 0 unspecified atom stereocenters. The van der Waals surface area contributed by atoms with Crippen molar-refractivity contribution in [3.63, 3.8) is 0 Å². The monoisotopic (exact) mass is 434 g/mol. The second-order valence-electron chi connectivity index (χ2n) is 7.15. The Morgan fingerprint density at radius 2 is 1.81 bits per heavy atom. The minimum atomic E-state index is -0.330. The van der Waals surface area contributed by atoms with Gasteiger partial charge in [-0.25, -0.2) is 0 Å². The molecule has 4 aromatic rings. The third kappa shape index (κ3) is 5.08. The topological polar surface area (TPSA) is 63.5 Å². The number of nitrogens with one attached hydrogen (secondary N) is 2. The molecule has 0 spiro atoms. The quantitative estimate of drug-likeness (QED) is 0.350. The first kappa shape index (κ1) is 21.0. The lowest BCUT2D eigenvalue weighted by molar-refractivity contribution is 0.0998. The Hall–Kier alpha value is -3.28. The number of hydrogen-bond donors (Lipinski definition) is 2. The van der Waals surface area contributed by atoms with Crippen molar-refractivity contribution < 1.29 is 13.9 Å². The van der Waals surface area contributed by atoms with Crippen LogP contribution in [0.4, 0.5) is 5.69 Å². The lowest BCUT2D eigenvalue weighted by Crippen LogP contribution is -2.16. The van der Waals surface area contributed by atoms with Gasteiger partial charge in [-0.05, 0) is 60.5 Å². The van der Waals surface area contributed by atoms with E-state index in [9.17, 15) is 4.79 Å². The van der Waals surface area contributed by atoms with E-state index in [-0.39, 0.29) is 11.7 Å². The average molecular weight is 435 g/mol. The first-order valence-corrected chi connectivity index (χ1v) is 10.4. The lowest BCUT2D eigenvalue weighted by atomic mass is 10.1. The van der Waals surface area contributed by atoms with Gasteiger partial charge in [-0.2, -0.15) is 0 Å². The highest BCUT2D eigenvalue weighted by molar-refractivity contribution is 6.30. The normalized spacial score (nSPS) is 10.9. The number of amides is 1. The van der Waals surface area contributed by atoms with Gasteiger partial charge in [0, 0.05) is 22.6 Å².